The second kappa shape index (κ2) is 3.75. The van der Waals surface area contributed by atoms with Crippen LogP contribution < -0.4 is 10.6 Å². The van der Waals surface area contributed by atoms with E-state index in [1.807, 2.05) is 16.8 Å². The molecule has 2 aromatic rings. The number of fused-ring (bicyclic) bond motifs is 1. The molecule has 0 radical (unpaired) electrons. The summed E-state index contributed by atoms with van der Waals surface area (Å²) in [5.74, 6) is 1.63. The van der Waals surface area contributed by atoms with Crippen LogP contribution >= 0.6 is 0 Å². The highest BCUT2D eigenvalue weighted by atomic mass is 15.3. The van der Waals surface area contributed by atoms with Gasteiger partial charge in [-0.2, -0.15) is 5.10 Å². The van der Waals surface area contributed by atoms with Crippen LogP contribution in [0, 0.1) is 5.92 Å². The third-order valence-corrected chi connectivity index (χ3v) is 3.22. The van der Waals surface area contributed by atoms with Gasteiger partial charge in [0.2, 0.25) is 0 Å². The Kier molecular flexibility index (Phi) is 2.25. The third kappa shape index (κ3) is 1.44. The number of rotatable bonds is 2. The first-order valence-corrected chi connectivity index (χ1v) is 5.62. The van der Waals surface area contributed by atoms with Crippen LogP contribution in [0.5, 0.6) is 0 Å². The second-order valence-corrected chi connectivity index (χ2v) is 4.25. The molecule has 1 fully saturated rings. The molecule has 1 saturated heterocycles. The number of aromatic nitrogens is 3. The predicted molar refractivity (Wildman–Crippen MR) is 62.4 cm³/mol. The fourth-order valence-electron chi connectivity index (χ4n) is 2.30. The van der Waals surface area contributed by atoms with Gasteiger partial charge >= 0.3 is 0 Å². The minimum absolute atomic E-state index is 0.602. The van der Waals surface area contributed by atoms with Gasteiger partial charge in [0.1, 0.15) is 5.52 Å². The van der Waals surface area contributed by atoms with Gasteiger partial charge in [0.25, 0.3) is 0 Å². The molecule has 84 valence electrons. The molecule has 0 aromatic carbocycles. The highest BCUT2D eigenvalue weighted by Crippen LogP contribution is 2.24. The summed E-state index contributed by atoms with van der Waals surface area (Å²) in [4.78, 5) is 6.75. The van der Waals surface area contributed by atoms with Crippen LogP contribution in [0.1, 0.15) is 6.42 Å². The Morgan fingerprint density at radius 1 is 1.44 bits per heavy atom. The molecule has 5 nitrogen and oxygen atoms in total. The molecule has 3 rings (SSSR count). The maximum atomic E-state index is 5.70. The SMILES string of the molecule is NCC1CCN(c2nccn3nccc23)C1. The summed E-state index contributed by atoms with van der Waals surface area (Å²) in [5, 5.41) is 4.22. The topological polar surface area (TPSA) is 59.5 Å². The first kappa shape index (κ1) is 9.59. The number of hydrogen-bond acceptors (Lipinski definition) is 4. The highest BCUT2D eigenvalue weighted by molar-refractivity contribution is 5.68. The quantitative estimate of drug-likeness (QED) is 0.796. The van der Waals surface area contributed by atoms with Crippen LogP contribution in [0.4, 0.5) is 5.82 Å². The zero-order chi connectivity index (χ0) is 11.0. The van der Waals surface area contributed by atoms with Crippen molar-refractivity contribution in [2.45, 2.75) is 6.42 Å². The van der Waals surface area contributed by atoms with E-state index >= 15 is 0 Å². The molecule has 1 unspecified atom stereocenters. The summed E-state index contributed by atoms with van der Waals surface area (Å²) < 4.78 is 1.86. The van der Waals surface area contributed by atoms with Crippen molar-refractivity contribution in [2.24, 2.45) is 11.7 Å². The van der Waals surface area contributed by atoms with E-state index in [2.05, 4.69) is 15.0 Å². The van der Waals surface area contributed by atoms with Crippen LogP contribution in [-0.2, 0) is 0 Å². The van der Waals surface area contributed by atoms with Crippen LogP contribution in [0.25, 0.3) is 5.52 Å². The summed E-state index contributed by atoms with van der Waals surface area (Å²) in [7, 11) is 0. The largest absolute Gasteiger partial charge is 0.354 e. The average Bonchev–Trinajstić information content (AvgIpc) is 2.97. The lowest BCUT2D eigenvalue weighted by Crippen LogP contribution is -2.23. The van der Waals surface area contributed by atoms with Crippen LogP contribution in [0.3, 0.4) is 0 Å². The maximum absolute atomic E-state index is 5.70. The predicted octanol–water partition coefficient (Wildman–Crippen LogP) is 0.514. The fourth-order valence-corrected chi connectivity index (χ4v) is 2.30. The second-order valence-electron chi connectivity index (χ2n) is 4.25. The van der Waals surface area contributed by atoms with Crippen molar-refractivity contribution in [2.75, 3.05) is 24.5 Å². The van der Waals surface area contributed by atoms with Crippen molar-refractivity contribution in [1.82, 2.24) is 14.6 Å². The molecular weight excluding hydrogens is 202 g/mol. The minimum Gasteiger partial charge on any atom is -0.354 e. The van der Waals surface area contributed by atoms with E-state index in [4.69, 9.17) is 5.73 Å². The van der Waals surface area contributed by atoms with E-state index in [-0.39, 0.29) is 0 Å². The van der Waals surface area contributed by atoms with E-state index in [0.717, 1.165) is 37.4 Å². The number of nitrogens with zero attached hydrogens (tertiary/aromatic N) is 4. The molecule has 1 aliphatic rings. The lowest BCUT2D eigenvalue weighted by atomic mass is 10.1. The van der Waals surface area contributed by atoms with Gasteiger partial charge in [0.05, 0.1) is 6.20 Å². The van der Waals surface area contributed by atoms with Gasteiger partial charge in [0, 0.05) is 25.5 Å². The first-order valence-electron chi connectivity index (χ1n) is 5.62. The maximum Gasteiger partial charge on any atom is 0.154 e. The van der Waals surface area contributed by atoms with Crippen molar-refractivity contribution >= 4 is 11.3 Å². The lowest BCUT2D eigenvalue weighted by Gasteiger charge is -2.17. The summed E-state index contributed by atoms with van der Waals surface area (Å²) in [6, 6.07) is 2.00. The average molecular weight is 217 g/mol. The molecule has 0 aliphatic carbocycles. The van der Waals surface area contributed by atoms with Crippen molar-refractivity contribution in [3.05, 3.63) is 24.7 Å². The van der Waals surface area contributed by atoms with E-state index in [9.17, 15) is 0 Å². The zero-order valence-corrected chi connectivity index (χ0v) is 9.08. The molecule has 5 heteroatoms. The summed E-state index contributed by atoms with van der Waals surface area (Å²) >= 11 is 0. The summed E-state index contributed by atoms with van der Waals surface area (Å²) in [6.45, 7) is 2.81. The normalized spacial score (nSPS) is 20.8. The van der Waals surface area contributed by atoms with Crippen LogP contribution in [0.2, 0.25) is 0 Å². The lowest BCUT2D eigenvalue weighted by molar-refractivity contribution is 0.602. The van der Waals surface area contributed by atoms with E-state index < -0.39 is 0 Å². The Morgan fingerprint density at radius 2 is 2.38 bits per heavy atom. The van der Waals surface area contributed by atoms with Crippen molar-refractivity contribution < 1.29 is 0 Å². The molecule has 1 atom stereocenters. The van der Waals surface area contributed by atoms with Gasteiger partial charge in [-0.25, -0.2) is 9.50 Å². The van der Waals surface area contributed by atoms with E-state index in [1.54, 1.807) is 12.4 Å². The van der Waals surface area contributed by atoms with Gasteiger partial charge in [-0.3, -0.25) is 0 Å². The van der Waals surface area contributed by atoms with Crippen molar-refractivity contribution in [3.63, 3.8) is 0 Å². The monoisotopic (exact) mass is 217 g/mol. The third-order valence-electron chi connectivity index (χ3n) is 3.22. The first-order chi connectivity index (χ1) is 7.88. The van der Waals surface area contributed by atoms with Crippen LogP contribution in [-0.4, -0.2) is 34.2 Å². The molecule has 0 amide bonds. The zero-order valence-electron chi connectivity index (χ0n) is 9.08. The van der Waals surface area contributed by atoms with E-state index in [1.165, 1.54) is 0 Å². The molecule has 0 spiro atoms. The van der Waals surface area contributed by atoms with Crippen molar-refractivity contribution in [3.8, 4) is 0 Å². The summed E-state index contributed by atoms with van der Waals surface area (Å²) in [6.07, 6.45) is 6.63. The standard InChI is InChI=1S/C11H15N5/c12-7-9-2-5-15(8-9)11-10-1-3-14-16(10)6-4-13-11/h1,3-4,6,9H,2,5,7-8,12H2. The Morgan fingerprint density at radius 3 is 3.19 bits per heavy atom. The molecule has 0 bridgehead atoms. The summed E-state index contributed by atoms with van der Waals surface area (Å²) in [5.41, 5.74) is 6.77. The van der Waals surface area contributed by atoms with Gasteiger partial charge in [-0.1, -0.05) is 0 Å². The smallest absolute Gasteiger partial charge is 0.154 e. The molecule has 16 heavy (non-hydrogen) atoms. The van der Waals surface area contributed by atoms with Gasteiger partial charge in [0.15, 0.2) is 5.82 Å². The molecule has 3 heterocycles. The number of nitrogens with two attached hydrogens (primary N) is 1. The van der Waals surface area contributed by atoms with Gasteiger partial charge in [-0.15, -0.1) is 0 Å². The Balaban J connectivity index is 1.97. The molecule has 0 saturated carbocycles. The van der Waals surface area contributed by atoms with Crippen LogP contribution in [0.15, 0.2) is 24.7 Å². The number of anilines is 1. The van der Waals surface area contributed by atoms with Gasteiger partial charge < -0.3 is 10.6 Å². The molecule has 2 aromatic heterocycles. The fraction of sp³-hybridized carbons (Fsp3) is 0.455. The Labute approximate surface area is 93.9 Å². The van der Waals surface area contributed by atoms with Gasteiger partial charge in [-0.05, 0) is 24.9 Å². The molecular formula is C11H15N5. The van der Waals surface area contributed by atoms with E-state index in [0.29, 0.717) is 5.92 Å². The highest BCUT2D eigenvalue weighted by Gasteiger charge is 2.23. The molecule has 1 aliphatic heterocycles. The minimum atomic E-state index is 0.602. The Bertz CT molecular complexity index is 492. The number of hydrogen-bond donors (Lipinski definition) is 1. The Hall–Kier alpha value is -1.62. The van der Waals surface area contributed by atoms with Crippen molar-refractivity contribution in [1.29, 1.82) is 0 Å². The molecule has 2 N–H and O–H groups in total.